The number of hydrogen-bond donors (Lipinski definition) is 1. The van der Waals surface area contributed by atoms with E-state index in [0.717, 1.165) is 5.69 Å². The van der Waals surface area contributed by atoms with Gasteiger partial charge in [0, 0.05) is 25.5 Å². The lowest BCUT2D eigenvalue weighted by Gasteiger charge is -2.16. The van der Waals surface area contributed by atoms with E-state index in [1.165, 1.54) is 29.2 Å². The maximum atomic E-state index is 12.0. The van der Waals surface area contributed by atoms with Gasteiger partial charge >= 0.3 is 0 Å². The lowest BCUT2D eigenvalue weighted by atomic mass is 10.3. The maximum absolute atomic E-state index is 12.0. The van der Waals surface area contributed by atoms with Crippen LogP contribution in [0.15, 0.2) is 24.7 Å². The molecule has 1 aliphatic heterocycles. The van der Waals surface area contributed by atoms with E-state index in [9.17, 15) is 13.2 Å². The molecule has 2 aromatic rings. The predicted octanol–water partition coefficient (Wildman–Crippen LogP) is -0.232. The molecule has 0 aliphatic carbocycles. The zero-order valence-corrected chi connectivity index (χ0v) is 14.0. The molecule has 0 spiro atoms. The van der Waals surface area contributed by atoms with Crippen molar-refractivity contribution in [1.82, 2.24) is 29.4 Å². The van der Waals surface area contributed by atoms with Gasteiger partial charge in [-0.3, -0.25) is 14.5 Å². The molecular formula is C14H18N6O3S. The predicted molar refractivity (Wildman–Crippen MR) is 85.3 cm³/mol. The van der Waals surface area contributed by atoms with Crippen LogP contribution in [-0.4, -0.2) is 51.2 Å². The van der Waals surface area contributed by atoms with Crippen molar-refractivity contribution < 1.29 is 13.2 Å². The van der Waals surface area contributed by atoms with Gasteiger partial charge in [0.2, 0.25) is 10.0 Å². The second-order valence-electron chi connectivity index (χ2n) is 5.57. The number of amides is 1. The molecule has 0 atom stereocenters. The smallest absolute Gasteiger partial charge is 0.271 e. The van der Waals surface area contributed by atoms with Crippen LogP contribution < -0.4 is 5.32 Å². The molecule has 3 heterocycles. The Hall–Kier alpha value is -2.33. The average Bonchev–Trinajstić information content (AvgIpc) is 2.82. The van der Waals surface area contributed by atoms with Crippen molar-refractivity contribution in [2.45, 2.75) is 26.1 Å². The molecule has 24 heavy (non-hydrogen) atoms. The van der Waals surface area contributed by atoms with Crippen LogP contribution >= 0.6 is 0 Å². The molecule has 3 rings (SSSR count). The van der Waals surface area contributed by atoms with Crippen molar-refractivity contribution in [3.63, 3.8) is 0 Å². The summed E-state index contributed by atoms with van der Waals surface area (Å²) < 4.78 is 26.7. The highest BCUT2D eigenvalue weighted by atomic mass is 32.2. The van der Waals surface area contributed by atoms with E-state index in [0.29, 0.717) is 31.7 Å². The summed E-state index contributed by atoms with van der Waals surface area (Å²) in [5, 5.41) is 7.17. The summed E-state index contributed by atoms with van der Waals surface area (Å²) in [4.78, 5) is 19.7. The van der Waals surface area contributed by atoms with Crippen LogP contribution in [-0.2, 0) is 29.7 Å². The molecular weight excluding hydrogens is 332 g/mol. The molecule has 0 fully saturated rings. The number of aromatic nitrogens is 4. The highest BCUT2D eigenvalue weighted by Crippen LogP contribution is 2.16. The largest absolute Gasteiger partial charge is 0.345 e. The van der Waals surface area contributed by atoms with E-state index in [2.05, 4.69) is 20.4 Å². The molecule has 0 aromatic carbocycles. The first-order chi connectivity index (χ1) is 11.4. The van der Waals surface area contributed by atoms with Gasteiger partial charge in [0.15, 0.2) is 0 Å². The summed E-state index contributed by atoms with van der Waals surface area (Å²) in [6.45, 7) is 1.68. The molecule has 1 aliphatic rings. The number of carbonyl (C=O) groups excluding carboxylic acids is 1. The van der Waals surface area contributed by atoms with Crippen LogP contribution in [0.2, 0.25) is 0 Å². The molecule has 1 amide bonds. The number of hydrogen-bond acceptors (Lipinski definition) is 6. The van der Waals surface area contributed by atoms with Crippen molar-refractivity contribution in [2.75, 3.05) is 12.8 Å². The zero-order chi connectivity index (χ0) is 17.2. The van der Waals surface area contributed by atoms with Gasteiger partial charge < -0.3 is 5.32 Å². The minimum absolute atomic E-state index is 0.238. The second kappa shape index (κ2) is 6.65. The minimum atomic E-state index is -3.24. The molecule has 2 aromatic heterocycles. The number of carbonyl (C=O) groups is 1. The molecule has 10 heteroatoms. The topological polar surface area (TPSA) is 110 Å². The molecule has 0 bridgehead atoms. The first-order valence-corrected chi connectivity index (χ1v) is 9.33. The van der Waals surface area contributed by atoms with Crippen LogP contribution in [0.3, 0.4) is 0 Å². The van der Waals surface area contributed by atoms with Crippen LogP contribution in [0.25, 0.3) is 0 Å². The molecule has 0 saturated carbocycles. The molecule has 0 radical (unpaired) electrons. The zero-order valence-electron chi connectivity index (χ0n) is 13.2. The Morgan fingerprint density at radius 2 is 2.17 bits per heavy atom. The summed E-state index contributed by atoms with van der Waals surface area (Å²) in [6.07, 6.45) is 6.25. The van der Waals surface area contributed by atoms with E-state index < -0.39 is 10.0 Å². The Balaban J connectivity index is 1.68. The maximum Gasteiger partial charge on any atom is 0.271 e. The number of nitrogens with one attached hydrogen (secondary N) is 1. The fraction of sp³-hybridized carbons (Fsp3) is 0.429. The van der Waals surface area contributed by atoms with Crippen molar-refractivity contribution in [3.05, 3.63) is 41.7 Å². The standard InChI is InChI=1S/C14H18N6O3S/c1-24(22,23)19-5-2-6-20-12(10-19)7-11(18-20)8-17-14(21)13-9-15-3-4-16-13/h3-4,7,9H,2,5-6,8,10H2,1H3,(H,17,21). The summed E-state index contributed by atoms with van der Waals surface area (Å²) in [7, 11) is -3.24. The van der Waals surface area contributed by atoms with E-state index in [1.54, 1.807) is 4.68 Å². The van der Waals surface area contributed by atoms with Crippen LogP contribution in [0.4, 0.5) is 0 Å². The second-order valence-corrected chi connectivity index (χ2v) is 7.56. The minimum Gasteiger partial charge on any atom is -0.345 e. The normalized spacial score (nSPS) is 15.5. The average molecular weight is 350 g/mol. The van der Waals surface area contributed by atoms with Crippen LogP contribution in [0, 0.1) is 0 Å². The summed E-state index contributed by atoms with van der Waals surface area (Å²) in [5.41, 5.74) is 1.74. The third-order valence-electron chi connectivity index (χ3n) is 3.72. The summed E-state index contributed by atoms with van der Waals surface area (Å²) >= 11 is 0. The van der Waals surface area contributed by atoms with E-state index in [-0.39, 0.29) is 18.1 Å². The Bertz CT molecular complexity index is 833. The molecule has 0 unspecified atom stereocenters. The highest BCUT2D eigenvalue weighted by Gasteiger charge is 2.22. The Morgan fingerprint density at radius 1 is 1.33 bits per heavy atom. The third kappa shape index (κ3) is 3.77. The molecule has 128 valence electrons. The highest BCUT2D eigenvalue weighted by molar-refractivity contribution is 7.88. The first kappa shape index (κ1) is 16.5. The van der Waals surface area contributed by atoms with Gasteiger partial charge in [-0.2, -0.15) is 9.40 Å². The van der Waals surface area contributed by atoms with Gasteiger partial charge in [0.25, 0.3) is 5.91 Å². The van der Waals surface area contributed by atoms with E-state index in [1.807, 2.05) is 6.07 Å². The van der Waals surface area contributed by atoms with E-state index in [4.69, 9.17) is 0 Å². The van der Waals surface area contributed by atoms with Crippen molar-refractivity contribution >= 4 is 15.9 Å². The van der Waals surface area contributed by atoms with Crippen molar-refractivity contribution in [3.8, 4) is 0 Å². The number of sulfonamides is 1. The van der Waals surface area contributed by atoms with Crippen molar-refractivity contribution in [2.24, 2.45) is 0 Å². The quantitative estimate of drug-likeness (QED) is 0.815. The van der Waals surface area contributed by atoms with Gasteiger partial charge in [-0.15, -0.1) is 0 Å². The lowest BCUT2D eigenvalue weighted by molar-refractivity contribution is 0.0945. The van der Waals surface area contributed by atoms with E-state index >= 15 is 0 Å². The SMILES string of the molecule is CS(=O)(=O)N1CCCn2nc(CNC(=O)c3cnccn3)cc2C1. The Kier molecular flexibility index (Phi) is 4.58. The third-order valence-corrected chi connectivity index (χ3v) is 4.97. The van der Waals surface area contributed by atoms with Gasteiger partial charge in [-0.25, -0.2) is 13.4 Å². The number of rotatable bonds is 4. The van der Waals surface area contributed by atoms with Gasteiger partial charge in [0.05, 0.1) is 36.9 Å². The fourth-order valence-corrected chi connectivity index (χ4v) is 3.37. The van der Waals surface area contributed by atoms with Crippen LogP contribution in [0.5, 0.6) is 0 Å². The summed E-state index contributed by atoms with van der Waals surface area (Å²) in [6, 6.07) is 1.82. The first-order valence-electron chi connectivity index (χ1n) is 7.48. The Labute approximate surface area is 139 Å². The van der Waals surface area contributed by atoms with Crippen LogP contribution in [0.1, 0.15) is 28.3 Å². The number of fused-ring (bicyclic) bond motifs is 1. The van der Waals surface area contributed by atoms with Gasteiger partial charge in [-0.1, -0.05) is 0 Å². The lowest BCUT2D eigenvalue weighted by Crippen LogP contribution is -2.29. The van der Waals surface area contributed by atoms with Gasteiger partial charge in [-0.05, 0) is 12.5 Å². The monoisotopic (exact) mass is 350 g/mol. The number of aryl methyl sites for hydroxylation is 1. The van der Waals surface area contributed by atoms with Gasteiger partial charge in [0.1, 0.15) is 5.69 Å². The summed E-state index contributed by atoms with van der Waals surface area (Å²) in [5.74, 6) is -0.330. The Morgan fingerprint density at radius 3 is 2.88 bits per heavy atom. The number of nitrogens with zero attached hydrogens (tertiary/aromatic N) is 5. The van der Waals surface area contributed by atoms with Crippen molar-refractivity contribution in [1.29, 1.82) is 0 Å². The molecule has 0 saturated heterocycles. The molecule has 9 nitrogen and oxygen atoms in total. The molecule has 1 N–H and O–H groups in total. The fourth-order valence-electron chi connectivity index (χ4n) is 2.54.